The van der Waals surface area contributed by atoms with Crippen molar-refractivity contribution in [3.05, 3.63) is 24.3 Å². The quantitative estimate of drug-likeness (QED) is 0.800. The fourth-order valence-corrected chi connectivity index (χ4v) is 1.55. The van der Waals surface area contributed by atoms with E-state index in [9.17, 15) is 0 Å². The molecule has 1 aromatic rings. The highest BCUT2D eigenvalue weighted by Crippen LogP contribution is 2.27. The summed E-state index contributed by atoms with van der Waals surface area (Å²) in [5, 5.41) is 0. The van der Waals surface area contributed by atoms with Crippen LogP contribution in [0.25, 0.3) is 0 Å². The average Bonchev–Trinajstić information content (AvgIpc) is 2.65. The van der Waals surface area contributed by atoms with Crippen molar-refractivity contribution in [2.24, 2.45) is 5.73 Å². The van der Waals surface area contributed by atoms with E-state index < -0.39 is 0 Å². The third-order valence-electron chi connectivity index (χ3n) is 2.42. The normalized spacial score (nSPS) is 25.2. The molecule has 1 saturated heterocycles. The maximum atomic E-state index is 5.83. The molecular weight excluding hydrogens is 194 g/mol. The minimum atomic E-state index is -0.0821. The Morgan fingerprint density at radius 2 is 2.00 bits per heavy atom. The first kappa shape index (κ1) is 10.3. The van der Waals surface area contributed by atoms with E-state index in [1.807, 2.05) is 24.3 Å². The monoisotopic (exact) mass is 209 g/mol. The molecule has 4 nitrogen and oxygen atoms in total. The van der Waals surface area contributed by atoms with Crippen molar-refractivity contribution < 1.29 is 14.2 Å². The van der Waals surface area contributed by atoms with Crippen molar-refractivity contribution >= 4 is 0 Å². The summed E-state index contributed by atoms with van der Waals surface area (Å²) in [6.07, 6.45) is -0.0821. The number of hydrogen-bond donors (Lipinski definition) is 1. The Labute approximate surface area is 88.9 Å². The molecule has 1 aliphatic heterocycles. The molecule has 0 spiro atoms. The van der Waals surface area contributed by atoms with Crippen LogP contribution in [0.4, 0.5) is 0 Å². The van der Waals surface area contributed by atoms with Gasteiger partial charge >= 0.3 is 0 Å². The van der Waals surface area contributed by atoms with Gasteiger partial charge in [0.15, 0.2) is 11.5 Å². The first-order valence-electron chi connectivity index (χ1n) is 4.94. The Bertz CT molecular complexity index is 329. The Morgan fingerprint density at radius 3 is 2.60 bits per heavy atom. The number of benzene rings is 1. The molecule has 1 heterocycles. The largest absolute Gasteiger partial charge is 0.493 e. The molecule has 1 aliphatic rings. The molecule has 4 heteroatoms. The van der Waals surface area contributed by atoms with Crippen molar-refractivity contribution in [2.75, 3.05) is 20.3 Å². The predicted molar refractivity (Wildman–Crippen MR) is 56.2 cm³/mol. The van der Waals surface area contributed by atoms with Crippen LogP contribution in [-0.2, 0) is 4.74 Å². The summed E-state index contributed by atoms with van der Waals surface area (Å²) >= 11 is 0. The van der Waals surface area contributed by atoms with Crippen molar-refractivity contribution in [1.29, 1.82) is 0 Å². The van der Waals surface area contributed by atoms with Crippen LogP contribution in [0.1, 0.15) is 0 Å². The second-order valence-electron chi connectivity index (χ2n) is 3.51. The number of methoxy groups -OCH3 is 1. The lowest BCUT2D eigenvalue weighted by molar-refractivity contribution is 0.137. The standard InChI is InChI=1S/C11H15NO3/c1-13-9-4-2-3-5-10(9)15-11-7-14-6-8(11)12/h2-5,8,11H,6-7,12H2,1H3/t8-,11-/m1/s1. The molecule has 0 bridgehead atoms. The van der Waals surface area contributed by atoms with E-state index in [1.54, 1.807) is 7.11 Å². The van der Waals surface area contributed by atoms with Gasteiger partial charge in [-0.2, -0.15) is 0 Å². The SMILES string of the molecule is COc1ccccc1O[C@@H]1COC[C@H]1N. The molecular formula is C11H15NO3. The number of rotatable bonds is 3. The van der Waals surface area contributed by atoms with Gasteiger partial charge in [-0.1, -0.05) is 12.1 Å². The van der Waals surface area contributed by atoms with Gasteiger partial charge in [-0.05, 0) is 12.1 Å². The maximum absolute atomic E-state index is 5.83. The van der Waals surface area contributed by atoms with Crippen molar-refractivity contribution in [3.63, 3.8) is 0 Å². The summed E-state index contributed by atoms with van der Waals surface area (Å²) in [6.45, 7) is 1.10. The van der Waals surface area contributed by atoms with E-state index in [0.717, 1.165) is 5.75 Å². The van der Waals surface area contributed by atoms with Gasteiger partial charge in [0, 0.05) is 0 Å². The van der Waals surface area contributed by atoms with Crippen LogP contribution in [0.15, 0.2) is 24.3 Å². The van der Waals surface area contributed by atoms with Gasteiger partial charge in [-0.25, -0.2) is 0 Å². The molecule has 0 saturated carbocycles. The smallest absolute Gasteiger partial charge is 0.161 e. The topological polar surface area (TPSA) is 53.7 Å². The summed E-state index contributed by atoms with van der Waals surface area (Å²) < 4.78 is 16.1. The Morgan fingerprint density at radius 1 is 1.27 bits per heavy atom. The zero-order valence-corrected chi connectivity index (χ0v) is 8.68. The van der Waals surface area contributed by atoms with Crippen LogP contribution in [0.5, 0.6) is 11.5 Å². The van der Waals surface area contributed by atoms with E-state index in [0.29, 0.717) is 19.0 Å². The highest BCUT2D eigenvalue weighted by molar-refractivity contribution is 5.39. The van der Waals surface area contributed by atoms with Gasteiger partial charge in [-0.15, -0.1) is 0 Å². The van der Waals surface area contributed by atoms with Gasteiger partial charge in [0.2, 0.25) is 0 Å². The molecule has 1 fully saturated rings. The van der Waals surface area contributed by atoms with E-state index in [-0.39, 0.29) is 12.1 Å². The minimum Gasteiger partial charge on any atom is -0.493 e. The van der Waals surface area contributed by atoms with Crippen molar-refractivity contribution in [3.8, 4) is 11.5 Å². The second-order valence-corrected chi connectivity index (χ2v) is 3.51. The Balaban J connectivity index is 2.09. The average molecular weight is 209 g/mol. The molecule has 82 valence electrons. The van der Waals surface area contributed by atoms with Crippen LogP contribution >= 0.6 is 0 Å². The summed E-state index contributed by atoms with van der Waals surface area (Å²) in [7, 11) is 1.62. The Hall–Kier alpha value is -1.26. The fourth-order valence-electron chi connectivity index (χ4n) is 1.55. The summed E-state index contributed by atoms with van der Waals surface area (Å²) in [5.41, 5.74) is 5.83. The maximum Gasteiger partial charge on any atom is 0.161 e. The van der Waals surface area contributed by atoms with Gasteiger partial charge in [0.05, 0.1) is 26.4 Å². The molecule has 2 atom stereocenters. The molecule has 0 radical (unpaired) electrons. The molecule has 15 heavy (non-hydrogen) atoms. The van der Waals surface area contributed by atoms with E-state index in [2.05, 4.69) is 0 Å². The molecule has 1 aromatic carbocycles. The Kier molecular flexibility index (Phi) is 3.08. The van der Waals surface area contributed by atoms with E-state index >= 15 is 0 Å². The number of nitrogens with two attached hydrogens (primary N) is 1. The first-order valence-corrected chi connectivity index (χ1v) is 4.94. The lowest BCUT2D eigenvalue weighted by Gasteiger charge is -2.17. The first-order chi connectivity index (χ1) is 7.31. The van der Waals surface area contributed by atoms with Crippen molar-refractivity contribution in [1.82, 2.24) is 0 Å². The van der Waals surface area contributed by atoms with Gasteiger partial charge < -0.3 is 19.9 Å². The van der Waals surface area contributed by atoms with Gasteiger partial charge in [0.25, 0.3) is 0 Å². The van der Waals surface area contributed by atoms with Crippen LogP contribution in [-0.4, -0.2) is 32.5 Å². The predicted octanol–water partition coefficient (Wildman–Crippen LogP) is 0.800. The lowest BCUT2D eigenvalue weighted by Crippen LogP contribution is -2.37. The molecule has 0 aliphatic carbocycles. The van der Waals surface area contributed by atoms with Crippen LogP contribution in [0.3, 0.4) is 0 Å². The van der Waals surface area contributed by atoms with Crippen LogP contribution < -0.4 is 15.2 Å². The molecule has 2 N–H and O–H groups in total. The zero-order chi connectivity index (χ0) is 10.7. The number of ether oxygens (including phenoxy) is 3. The number of para-hydroxylation sites is 2. The minimum absolute atomic E-state index is 0.0603. The van der Waals surface area contributed by atoms with E-state index in [1.165, 1.54) is 0 Å². The molecule has 0 amide bonds. The van der Waals surface area contributed by atoms with Gasteiger partial charge in [-0.3, -0.25) is 0 Å². The fraction of sp³-hybridized carbons (Fsp3) is 0.455. The second kappa shape index (κ2) is 4.51. The van der Waals surface area contributed by atoms with Gasteiger partial charge in [0.1, 0.15) is 6.10 Å². The highest BCUT2D eigenvalue weighted by atomic mass is 16.6. The third kappa shape index (κ3) is 2.22. The summed E-state index contributed by atoms with van der Waals surface area (Å²) in [5.74, 6) is 1.43. The lowest BCUT2D eigenvalue weighted by atomic mass is 10.2. The third-order valence-corrected chi connectivity index (χ3v) is 2.42. The molecule has 0 aromatic heterocycles. The van der Waals surface area contributed by atoms with Crippen LogP contribution in [0.2, 0.25) is 0 Å². The summed E-state index contributed by atoms with van der Waals surface area (Å²) in [4.78, 5) is 0. The van der Waals surface area contributed by atoms with E-state index in [4.69, 9.17) is 19.9 Å². The van der Waals surface area contributed by atoms with Crippen molar-refractivity contribution in [2.45, 2.75) is 12.1 Å². The van der Waals surface area contributed by atoms with Crippen LogP contribution in [0, 0.1) is 0 Å². The number of hydrogen-bond acceptors (Lipinski definition) is 4. The molecule has 2 rings (SSSR count). The summed E-state index contributed by atoms with van der Waals surface area (Å²) in [6, 6.07) is 7.46. The molecule has 0 unspecified atom stereocenters. The zero-order valence-electron chi connectivity index (χ0n) is 8.68. The highest BCUT2D eigenvalue weighted by Gasteiger charge is 2.27.